The Morgan fingerprint density at radius 2 is 2.12 bits per heavy atom. The lowest BCUT2D eigenvalue weighted by Crippen LogP contribution is -2.33. The van der Waals surface area contributed by atoms with Crippen LogP contribution in [0.1, 0.15) is 13.8 Å². The predicted molar refractivity (Wildman–Crippen MR) is 68.7 cm³/mol. The Morgan fingerprint density at radius 3 is 2.65 bits per heavy atom. The van der Waals surface area contributed by atoms with Crippen molar-refractivity contribution in [1.29, 1.82) is 5.26 Å². The van der Waals surface area contributed by atoms with E-state index in [-0.39, 0.29) is 11.4 Å². The molecule has 0 saturated heterocycles. The molecule has 0 unspecified atom stereocenters. The highest BCUT2D eigenvalue weighted by atomic mass is 79.9. The Morgan fingerprint density at radius 1 is 1.47 bits per heavy atom. The van der Waals surface area contributed by atoms with Crippen LogP contribution in [0.4, 0.5) is 0 Å². The van der Waals surface area contributed by atoms with Crippen molar-refractivity contribution in [2.45, 2.75) is 18.7 Å². The zero-order valence-corrected chi connectivity index (χ0v) is 12.0. The number of hydrogen-bond donors (Lipinski definition) is 1. The van der Waals surface area contributed by atoms with Crippen molar-refractivity contribution in [1.82, 2.24) is 4.72 Å². The summed E-state index contributed by atoms with van der Waals surface area (Å²) in [6.45, 7) is 3.44. The van der Waals surface area contributed by atoms with Crippen LogP contribution in [0.2, 0.25) is 0 Å². The molecule has 6 heteroatoms. The van der Waals surface area contributed by atoms with Gasteiger partial charge in [0.25, 0.3) is 0 Å². The summed E-state index contributed by atoms with van der Waals surface area (Å²) in [6.07, 6.45) is 0. The second-order valence-corrected chi connectivity index (χ2v) is 6.96. The fraction of sp³-hybridized carbons (Fsp3) is 0.364. The van der Waals surface area contributed by atoms with Gasteiger partial charge in [-0.25, -0.2) is 13.1 Å². The maximum atomic E-state index is 11.9. The van der Waals surface area contributed by atoms with Gasteiger partial charge in [-0.05, 0) is 32.0 Å². The lowest BCUT2D eigenvalue weighted by molar-refractivity contribution is 0.479. The van der Waals surface area contributed by atoms with E-state index < -0.39 is 15.4 Å². The normalized spacial score (nSPS) is 12.1. The number of sulfonamides is 1. The van der Waals surface area contributed by atoms with E-state index in [9.17, 15) is 8.42 Å². The second kappa shape index (κ2) is 5.17. The first-order chi connectivity index (χ1) is 7.77. The molecule has 0 atom stereocenters. The molecule has 0 spiro atoms. The largest absolute Gasteiger partial charge is 0.240 e. The minimum absolute atomic E-state index is 0.0817. The van der Waals surface area contributed by atoms with Gasteiger partial charge in [0.05, 0.1) is 16.4 Å². The Balaban J connectivity index is 2.88. The van der Waals surface area contributed by atoms with Gasteiger partial charge in [-0.15, -0.1) is 0 Å². The quantitative estimate of drug-likeness (QED) is 0.926. The van der Waals surface area contributed by atoms with Gasteiger partial charge in [0, 0.05) is 11.0 Å². The minimum Gasteiger partial charge on any atom is -0.210 e. The van der Waals surface area contributed by atoms with Crippen LogP contribution in [-0.2, 0) is 10.0 Å². The van der Waals surface area contributed by atoms with Crippen LogP contribution < -0.4 is 4.72 Å². The van der Waals surface area contributed by atoms with Gasteiger partial charge >= 0.3 is 0 Å². The van der Waals surface area contributed by atoms with Crippen LogP contribution in [-0.4, -0.2) is 15.0 Å². The molecular weight excluding hydrogens is 304 g/mol. The maximum absolute atomic E-state index is 11.9. The van der Waals surface area contributed by atoms with Gasteiger partial charge in [0.15, 0.2) is 0 Å². The molecule has 1 rings (SSSR count). The summed E-state index contributed by atoms with van der Waals surface area (Å²) in [7, 11) is -3.56. The van der Waals surface area contributed by atoms with Crippen molar-refractivity contribution < 1.29 is 8.42 Å². The number of halogens is 1. The zero-order valence-electron chi connectivity index (χ0n) is 9.57. The van der Waals surface area contributed by atoms with Gasteiger partial charge in [0.1, 0.15) is 0 Å². The molecule has 1 aromatic carbocycles. The summed E-state index contributed by atoms with van der Waals surface area (Å²) < 4.78 is 26.9. The van der Waals surface area contributed by atoms with E-state index in [4.69, 9.17) is 5.26 Å². The lowest BCUT2D eigenvalue weighted by Gasteiger charge is -2.16. The van der Waals surface area contributed by atoms with Crippen molar-refractivity contribution in [3.05, 3.63) is 28.7 Å². The van der Waals surface area contributed by atoms with Crippen LogP contribution in [0.3, 0.4) is 0 Å². The summed E-state index contributed by atoms with van der Waals surface area (Å²) in [5, 5.41) is 8.81. The number of benzene rings is 1. The lowest BCUT2D eigenvalue weighted by atomic mass is 9.97. The fourth-order valence-corrected chi connectivity index (χ4v) is 2.84. The topological polar surface area (TPSA) is 70.0 Å². The van der Waals surface area contributed by atoms with Crippen molar-refractivity contribution in [2.75, 3.05) is 6.54 Å². The van der Waals surface area contributed by atoms with Crippen LogP contribution in [0, 0.1) is 16.7 Å². The third-order valence-electron chi connectivity index (χ3n) is 2.11. The number of nitriles is 1. The zero-order chi connectivity index (χ0) is 13.1. The van der Waals surface area contributed by atoms with E-state index in [1.807, 2.05) is 6.07 Å². The molecule has 0 radical (unpaired) electrons. The highest BCUT2D eigenvalue weighted by Gasteiger charge is 2.21. The molecule has 0 heterocycles. The average Bonchev–Trinajstić information content (AvgIpc) is 2.27. The van der Waals surface area contributed by atoms with Crippen LogP contribution in [0.15, 0.2) is 33.6 Å². The molecule has 0 aromatic heterocycles. The summed E-state index contributed by atoms with van der Waals surface area (Å²) in [5.74, 6) is 0. The molecule has 0 aliphatic carbocycles. The molecule has 0 aliphatic rings. The van der Waals surface area contributed by atoms with E-state index in [1.165, 1.54) is 12.1 Å². The van der Waals surface area contributed by atoms with Crippen LogP contribution >= 0.6 is 15.9 Å². The summed E-state index contributed by atoms with van der Waals surface area (Å²) in [6, 6.07) is 8.46. The summed E-state index contributed by atoms with van der Waals surface area (Å²) >= 11 is 3.21. The van der Waals surface area contributed by atoms with E-state index in [1.54, 1.807) is 26.0 Å². The highest BCUT2D eigenvalue weighted by molar-refractivity contribution is 9.10. The Kier molecular flexibility index (Phi) is 4.31. The number of hydrogen-bond acceptors (Lipinski definition) is 3. The van der Waals surface area contributed by atoms with Gasteiger partial charge in [-0.1, -0.05) is 22.0 Å². The molecule has 0 fully saturated rings. The molecular formula is C11H13BrN2O2S. The molecule has 0 aliphatic heterocycles. The highest BCUT2D eigenvalue weighted by Crippen LogP contribution is 2.17. The summed E-state index contributed by atoms with van der Waals surface area (Å²) in [4.78, 5) is 0.181. The van der Waals surface area contributed by atoms with Crippen molar-refractivity contribution in [3.8, 4) is 6.07 Å². The van der Waals surface area contributed by atoms with E-state index in [0.29, 0.717) is 4.47 Å². The smallest absolute Gasteiger partial charge is 0.210 e. The second-order valence-electron chi connectivity index (χ2n) is 4.28. The molecule has 0 amide bonds. The monoisotopic (exact) mass is 316 g/mol. The van der Waals surface area contributed by atoms with Gasteiger partial charge < -0.3 is 0 Å². The molecule has 0 saturated carbocycles. The Hall–Kier alpha value is -0.900. The minimum atomic E-state index is -3.56. The van der Waals surface area contributed by atoms with Gasteiger partial charge in [-0.2, -0.15) is 5.26 Å². The Labute approximate surface area is 110 Å². The van der Waals surface area contributed by atoms with Crippen LogP contribution in [0.25, 0.3) is 0 Å². The number of rotatable bonds is 4. The Bertz CT molecular complexity index is 547. The molecule has 1 N–H and O–H groups in total. The van der Waals surface area contributed by atoms with Crippen molar-refractivity contribution in [2.24, 2.45) is 5.41 Å². The maximum Gasteiger partial charge on any atom is 0.240 e. The predicted octanol–water partition coefficient (Wildman–Crippen LogP) is 2.28. The van der Waals surface area contributed by atoms with Crippen molar-refractivity contribution >= 4 is 26.0 Å². The first kappa shape index (κ1) is 14.2. The molecule has 92 valence electrons. The summed E-state index contributed by atoms with van der Waals surface area (Å²) in [5.41, 5.74) is -0.723. The molecule has 4 nitrogen and oxygen atoms in total. The first-order valence-corrected chi connectivity index (χ1v) is 7.21. The van der Waals surface area contributed by atoms with E-state index in [2.05, 4.69) is 20.7 Å². The molecule has 1 aromatic rings. The molecule has 0 bridgehead atoms. The van der Waals surface area contributed by atoms with E-state index >= 15 is 0 Å². The van der Waals surface area contributed by atoms with Gasteiger partial charge in [0.2, 0.25) is 10.0 Å². The number of nitrogens with zero attached hydrogens (tertiary/aromatic N) is 1. The first-order valence-electron chi connectivity index (χ1n) is 4.93. The van der Waals surface area contributed by atoms with Crippen LogP contribution in [0.5, 0.6) is 0 Å². The third kappa shape index (κ3) is 4.11. The third-order valence-corrected chi connectivity index (χ3v) is 4.01. The standard InChI is InChI=1S/C11H13BrN2O2S/c1-11(2,7-13)8-14-17(15,16)10-5-3-4-9(12)6-10/h3-6,14H,8H2,1-2H3. The SMILES string of the molecule is CC(C)(C#N)CNS(=O)(=O)c1cccc(Br)c1. The molecule has 17 heavy (non-hydrogen) atoms. The fourth-order valence-electron chi connectivity index (χ4n) is 1.03. The average molecular weight is 317 g/mol. The van der Waals surface area contributed by atoms with E-state index in [0.717, 1.165) is 0 Å². The van der Waals surface area contributed by atoms with Crippen molar-refractivity contribution in [3.63, 3.8) is 0 Å². The number of nitrogens with one attached hydrogen (secondary N) is 1. The van der Waals surface area contributed by atoms with Gasteiger partial charge in [-0.3, -0.25) is 0 Å².